The summed E-state index contributed by atoms with van der Waals surface area (Å²) in [6.07, 6.45) is 1.83. The highest BCUT2D eigenvalue weighted by molar-refractivity contribution is 6.28. The molecule has 0 bridgehead atoms. The normalized spacial score (nSPS) is 11.4. The van der Waals surface area contributed by atoms with Gasteiger partial charge in [0.05, 0.1) is 17.1 Å². The van der Waals surface area contributed by atoms with Crippen LogP contribution in [0.15, 0.2) is 79.0 Å². The predicted octanol–water partition coefficient (Wildman–Crippen LogP) is 6.82. The molecule has 3 nitrogen and oxygen atoms in total. The van der Waals surface area contributed by atoms with Crippen LogP contribution in [0.25, 0.3) is 33.8 Å². The van der Waals surface area contributed by atoms with E-state index in [4.69, 9.17) is 11.6 Å². The molecule has 0 amide bonds. The standard InChI is InChI=1S/C25H22ClN3/c1-25(2,3)20-12-9-18(10-13-20)22-15-23(29-24(26)28-22)19-11-14-21(27-16-19)17-7-5-4-6-8-17/h4-16H,1-3H3. The summed E-state index contributed by atoms with van der Waals surface area (Å²) < 4.78 is 0. The average molecular weight is 400 g/mol. The molecular formula is C25H22ClN3. The van der Waals surface area contributed by atoms with Crippen molar-refractivity contribution in [1.82, 2.24) is 15.0 Å². The van der Waals surface area contributed by atoms with E-state index >= 15 is 0 Å². The zero-order valence-electron chi connectivity index (χ0n) is 16.7. The first-order chi connectivity index (χ1) is 13.9. The molecule has 0 aliphatic rings. The molecule has 0 saturated carbocycles. The van der Waals surface area contributed by atoms with Crippen molar-refractivity contribution in [2.75, 3.05) is 0 Å². The van der Waals surface area contributed by atoms with E-state index in [-0.39, 0.29) is 10.7 Å². The third-order valence-electron chi connectivity index (χ3n) is 4.87. The Morgan fingerprint density at radius 3 is 1.83 bits per heavy atom. The van der Waals surface area contributed by atoms with Crippen LogP contribution in [0.3, 0.4) is 0 Å². The first-order valence-electron chi connectivity index (χ1n) is 9.57. The summed E-state index contributed by atoms with van der Waals surface area (Å²) in [5.41, 5.74) is 6.87. The van der Waals surface area contributed by atoms with Gasteiger partial charge in [0.15, 0.2) is 0 Å². The van der Waals surface area contributed by atoms with E-state index in [0.717, 1.165) is 33.8 Å². The molecular weight excluding hydrogens is 378 g/mol. The second-order valence-corrected chi connectivity index (χ2v) is 8.37. The highest BCUT2D eigenvalue weighted by atomic mass is 35.5. The highest BCUT2D eigenvalue weighted by Crippen LogP contribution is 2.28. The molecule has 2 aromatic carbocycles. The van der Waals surface area contributed by atoms with Gasteiger partial charge < -0.3 is 0 Å². The van der Waals surface area contributed by atoms with Crippen molar-refractivity contribution in [3.8, 4) is 33.8 Å². The number of aromatic nitrogens is 3. The van der Waals surface area contributed by atoms with Gasteiger partial charge in [0.2, 0.25) is 5.28 Å². The second-order valence-electron chi connectivity index (χ2n) is 8.03. The van der Waals surface area contributed by atoms with Crippen LogP contribution in [-0.2, 0) is 5.41 Å². The minimum atomic E-state index is 0.110. The molecule has 29 heavy (non-hydrogen) atoms. The summed E-state index contributed by atoms with van der Waals surface area (Å²) in [6.45, 7) is 6.61. The van der Waals surface area contributed by atoms with Gasteiger partial charge in [0.25, 0.3) is 0 Å². The van der Waals surface area contributed by atoms with Gasteiger partial charge in [-0.15, -0.1) is 0 Å². The molecule has 0 saturated heterocycles. The molecule has 2 heterocycles. The Hall–Kier alpha value is -3.04. The van der Waals surface area contributed by atoms with Crippen LogP contribution in [-0.4, -0.2) is 15.0 Å². The van der Waals surface area contributed by atoms with Crippen molar-refractivity contribution in [2.24, 2.45) is 0 Å². The predicted molar refractivity (Wildman–Crippen MR) is 120 cm³/mol. The lowest BCUT2D eigenvalue weighted by atomic mass is 9.86. The van der Waals surface area contributed by atoms with Crippen LogP contribution < -0.4 is 0 Å². The molecule has 0 atom stereocenters. The number of hydrogen-bond acceptors (Lipinski definition) is 3. The number of hydrogen-bond donors (Lipinski definition) is 0. The Morgan fingerprint density at radius 1 is 0.655 bits per heavy atom. The van der Waals surface area contributed by atoms with Crippen LogP contribution in [0, 0.1) is 0 Å². The van der Waals surface area contributed by atoms with Crippen molar-refractivity contribution in [3.63, 3.8) is 0 Å². The van der Waals surface area contributed by atoms with Crippen molar-refractivity contribution in [1.29, 1.82) is 0 Å². The minimum Gasteiger partial charge on any atom is -0.256 e. The van der Waals surface area contributed by atoms with Crippen molar-refractivity contribution >= 4 is 11.6 Å². The Kier molecular flexibility index (Phi) is 5.16. The SMILES string of the molecule is CC(C)(C)c1ccc(-c2cc(-c3ccc(-c4ccccc4)nc3)nc(Cl)n2)cc1. The van der Waals surface area contributed by atoms with Gasteiger partial charge in [-0.3, -0.25) is 4.98 Å². The van der Waals surface area contributed by atoms with Gasteiger partial charge in [-0.1, -0.05) is 75.4 Å². The minimum absolute atomic E-state index is 0.110. The van der Waals surface area contributed by atoms with Gasteiger partial charge in [0, 0.05) is 22.9 Å². The molecule has 4 heteroatoms. The molecule has 0 aliphatic heterocycles. The van der Waals surface area contributed by atoms with Crippen LogP contribution in [0.1, 0.15) is 26.3 Å². The van der Waals surface area contributed by atoms with E-state index in [1.165, 1.54) is 5.56 Å². The molecule has 0 N–H and O–H groups in total. The average Bonchev–Trinajstić information content (AvgIpc) is 2.73. The third kappa shape index (κ3) is 4.36. The molecule has 144 valence electrons. The van der Waals surface area contributed by atoms with E-state index in [0.29, 0.717) is 0 Å². The molecule has 0 aliphatic carbocycles. The number of rotatable bonds is 3. The zero-order chi connectivity index (χ0) is 20.4. The van der Waals surface area contributed by atoms with Gasteiger partial charge in [-0.2, -0.15) is 0 Å². The van der Waals surface area contributed by atoms with Gasteiger partial charge >= 0.3 is 0 Å². The van der Waals surface area contributed by atoms with E-state index in [2.05, 4.69) is 60.0 Å². The van der Waals surface area contributed by atoms with Gasteiger partial charge in [-0.25, -0.2) is 9.97 Å². The number of benzene rings is 2. The lowest BCUT2D eigenvalue weighted by Gasteiger charge is -2.19. The fourth-order valence-electron chi connectivity index (χ4n) is 3.18. The summed E-state index contributed by atoms with van der Waals surface area (Å²) in [7, 11) is 0. The Bertz CT molecular complexity index is 1110. The third-order valence-corrected chi connectivity index (χ3v) is 5.04. The number of nitrogens with zero attached hydrogens (tertiary/aromatic N) is 3. The summed E-state index contributed by atoms with van der Waals surface area (Å²) >= 11 is 6.24. The molecule has 0 radical (unpaired) electrons. The molecule has 2 aromatic heterocycles. The van der Waals surface area contributed by atoms with Crippen LogP contribution in [0.2, 0.25) is 5.28 Å². The van der Waals surface area contributed by atoms with E-state index < -0.39 is 0 Å². The summed E-state index contributed by atoms with van der Waals surface area (Å²) in [5, 5.41) is 0.226. The van der Waals surface area contributed by atoms with Gasteiger partial charge in [-0.05, 0) is 40.8 Å². The first kappa shape index (κ1) is 19.3. The fourth-order valence-corrected chi connectivity index (χ4v) is 3.36. The molecule has 0 fully saturated rings. The first-order valence-corrected chi connectivity index (χ1v) is 9.95. The lowest BCUT2D eigenvalue weighted by molar-refractivity contribution is 0.590. The number of pyridine rings is 1. The second kappa shape index (κ2) is 7.76. The maximum atomic E-state index is 6.24. The summed E-state index contributed by atoms with van der Waals surface area (Å²) in [5.74, 6) is 0. The maximum absolute atomic E-state index is 6.24. The molecule has 0 spiro atoms. The van der Waals surface area contributed by atoms with Crippen LogP contribution in [0.5, 0.6) is 0 Å². The summed E-state index contributed by atoms with van der Waals surface area (Å²) in [6, 6.07) is 24.5. The van der Waals surface area contributed by atoms with Crippen LogP contribution in [0.4, 0.5) is 0 Å². The smallest absolute Gasteiger partial charge is 0.223 e. The van der Waals surface area contributed by atoms with E-state index in [1.807, 2.05) is 54.7 Å². The van der Waals surface area contributed by atoms with Gasteiger partial charge in [0.1, 0.15) is 0 Å². The van der Waals surface area contributed by atoms with Crippen LogP contribution >= 0.6 is 11.6 Å². The molecule has 0 unspecified atom stereocenters. The maximum Gasteiger partial charge on any atom is 0.223 e. The van der Waals surface area contributed by atoms with Crippen molar-refractivity contribution in [2.45, 2.75) is 26.2 Å². The quantitative estimate of drug-likeness (QED) is 0.354. The zero-order valence-corrected chi connectivity index (χ0v) is 17.5. The lowest BCUT2D eigenvalue weighted by Crippen LogP contribution is -2.10. The molecule has 4 rings (SSSR count). The van der Waals surface area contributed by atoms with Crippen molar-refractivity contribution in [3.05, 3.63) is 89.8 Å². The molecule has 4 aromatic rings. The Balaban J connectivity index is 1.67. The van der Waals surface area contributed by atoms with E-state index in [1.54, 1.807) is 0 Å². The largest absolute Gasteiger partial charge is 0.256 e. The Morgan fingerprint density at radius 2 is 1.24 bits per heavy atom. The van der Waals surface area contributed by atoms with Crippen molar-refractivity contribution < 1.29 is 0 Å². The summed E-state index contributed by atoms with van der Waals surface area (Å²) in [4.78, 5) is 13.4. The fraction of sp³-hybridized carbons (Fsp3) is 0.160. The topological polar surface area (TPSA) is 38.7 Å². The highest BCUT2D eigenvalue weighted by Gasteiger charge is 2.14. The monoisotopic (exact) mass is 399 g/mol. The Labute approximate surface area is 176 Å². The van der Waals surface area contributed by atoms with E-state index in [9.17, 15) is 0 Å². The number of halogens is 1.